The van der Waals surface area contributed by atoms with Gasteiger partial charge in [0.15, 0.2) is 0 Å². The Balaban J connectivity index is 2.05. The van der Waals surface area contributed by atoms with Crippen molar-refractivity contribution in [2.75, 3.05) is 6.61 Å². The van der Waals surface area contributed by atoms with E-state index in [4.69, 9.17) is 20.8 Å². The second kappa shape index (κ2) is 6.72. The monoisotopic (exact) mass is 312 g/mol. The molecule has 2 rings (SSSR count). The smallest absolute Gasteiger partial charge is 0.374 e. The Morgan fingerprint density at radius 3 is 2.60 bits per heavy atom. The van der Waals surface area contributed by atoms with Crippen LogP contribution in [-0.2, 0) is 21.3 Å². The van der Waals surface area contributed by atoms with Crippen LogP contribution >= 0.6 is 11.6 Å². The molecular weight excluding hydrogens is 300 g/mol. The van der Waals surface area contributed by atoms with E-state index in [-0.39, 0.29) is 18.1 Å². The van der Waals surface area contributed by atoms with Gasteiger partial charge >= 0.3 is 5.97 Å². The number of esters is 1. The zero-order valence-electron chi connectivity index (χ0n) is 10.8. The highest BCUT2D eigenvalue weighted by Crippen LogP contribution is 2.17. The van der Waals surface area contributed by atoms with Crippen LogP contribution in [0.2, 0.25) is 5.02 Å². The standard InChI is InChI=1S/C14H13ClO4S/c1-2-18-14(16)13-8-5-11(19-13)9-20(17)12-6-3-10(15)4-7-12/h3-8H,2,9H2,1H3/t20-/m1/s1. The fraction of sp³-hybridized carbons (Fsp3) is 0.214. The molecule has 0 fully saturated rings. The number of carbonyl (C=O) groups is 1. The van der Waals surface area contributed by atoms with Gasteiger partial charge in [-0.15, -0.1) is 0 Å². The van der Waals surface area contributed by atoms with E-state index in [9.17, 15) is 9.00 Å². The molecule has 1 aromatic carbocycles. The van der Waals surface area contributed by atoms with Crippen LogP contribution in [0.15, 0.2) is 45.7 Å². The summed E-state index contributed by atoms with van der Waals surface area (Å²) >= 11 is 5.78. The molecule has 1 aromatic heterocycles. The van der Waals surface area contributed by atoms with Gasteiger partial charge in [0.2, 0.25) is 5.76 Å². The average molecular weight is 313 g/mol. The van der Waals surface area contributed by atoms with Crippen molar-refractivity contribution in [3.05, 3.63) is 52.9 Å². The molecule has 0 aliphatic carbocycles. The number of furan rings is 1. The summed E-state index contributed by atoms with van der Waals surface area (Å²) in [6, 6.07) is 9.91. The summed E-state index contributed by atoms with van der Waals surface area (Å²) in [5.41, 5.74) is 0. The van der Waals surface area contributed by atoms with E-state index in [0.717, 1.165) is 0 Å². The van der Waals surface area contributed by atoms with Crippen LogP contribution in [0.4, 0.5) is 0 Å². The van der Waals surface area contributed by atoms with Crippen molar-refractivity contribution in [2.45, 2.75) is 17.6 Å². The van der Waals surface area contributed by atoms with Gasteiger partial charge in [0.05, 0.1) is 23.2 Å². The molecule has 6 heteroatoms. The molecule has 0 saturated heterocycles. The van der Waals surface area contributed by atoms with Gasteiger partial charge in [0.25, 0.3) is 0 Å². The molecule has 0 aliphatic rings. The SMILES string of the molecule is CCOC(=O)c1ccc(C[S@@](=O)c2ccc(Cl)cc2)o1. The molecule has 0 amide bonds. The van der Waals surface area contributed by atoms with Crippen molar-refractivity contribution in [1.82, 2.24) is 0 Å². The molecule has 1 atom stereocenters. The average Bonchev–Trinajstić information content (AvgIpc) is 2.88. The molecule has 0 N–H and O–H groups in total. The number of rotatable bonds is 5. The van der Waals surface area contributed by atoms with Gasteiger partial charge in [0, 0.05) is 9.92 Å². The van der Waals surface area contributed by atoms with E-state index in [0.29, 0.717) is 15.7 Å². The highest BCUT2D eigenvalue weighted by molar-refractivity contribution is 7.84. The molecule has 0 aliphatic heterocycles. The lowest BCUT2D eigenvalue weighted by atomic mass is 10.4. The molecule has 0 saturated carbocycles. The van der Waals surface area contributed by atoms with Crippen molar-refractivity contribution in [2.24, 2.45) is 0 Å². The lowest BCUT2D eigenvalue weighted by Crippen LogP contribution is -2.02. The summed E-state index contributed by atoms with van der Waals surface area (Å²) in [6.45, 7) is 2.00. The van der Waals surface area contributed by atoms with E-state index in [1.807, 2.05) is 0 Å². The number of hydrogen-bond acceptors (Lipinski definition) is 4. The second-order valence-electron chi connectivity index (χ2n) is 3.93. The van der Waals surface area contributed by atoms with Crippen molar-refractivity contribution in [1.29, 1.82) is 0 Å². The normalized spacial score (nSPS) is 12.1. The summed E-state index contributed by atoms with van der Waals surface area (Å²) in [5.74, 6) is 0.272. The van der Waals surface area contributed by atoms with Crippen molar-refractivity contribution < 1.29 is 18.2 Å². The summed E-state index contributed by atoms with van der Waals surface area (Å²) < 4.78 is 22.3. The molecule has 0 bridgehead atoms. The lowest BCUT2D eigenvalue weighted by Gasteiger charge is -2.01. The first-order valence-corrected chi connectivity index (χ1v) is 7.69. The summed E-state index contributed by atoms with van der Waals surface area (Å²) in [5, 5.41) is 0.591. The number of benzene rings is 1. The van der Waals surface area contributed by atoms with E-state index < -0.39 is 16.8 Å². The van der Waals surface area contributed by atoms with Gasteiger partial charge in [-0.25, -0.2) is 4.79 Å². The minimum absolute atomic E-state index is 0.120. The molecular formula is C14H13ClO4S. The van der Waals surface area contributed by atoms with Crippen molar-refractivity contribution >= 4 is 28.4 Å². The van der Waals surface area contributed by atoms with Crippen LogP contribution in [0.1, 0.15) is 23.2 Å². The van der Waals surface area contributed by atoms with Crippen LogP contribution in [-0.4, -0.2) is 16.8 Å². The lowest BCUT2D eigenvalue weighted by molar-refractivity contribution is 0.0488. The molecule has 2 aromatic rings. The van der Waals surface area contributed by atoms with Gasteiger partial charge in [-0.05, 0) is 43.3 Å². The fourth-order valence-corrected chi connectivity index (χ4v) is 2.71. The van der Waals surface area contributed by atoms with Crippen molar-refractivity contribution in [3.63, 3.8) is 0 Å². The maximum Gasteiger partial charge on any atom is 0.374 e. The maximum atomic E-state index is 12.1. The zero-order chi connectivity index (χ0) is 14.5. The van der Waals surface area contributed by atoms with E-state index >= 15 is 0 Å². The second-order valence-corrected chi connectivity index (χ2v) is 5.82. The van der Waals surface area contributed by atoms with Crippen LogP contribution < -0.4 is 0 Å². The first-order valence-electron chi connectivity index (χ1n) is 6.00. The van der Waals surface area contributed by atoms with Crippen LogP contribution in [0.3, 0.4) is 0 Å². The molecule has 0 spiro atoms. The van der Waals surface area contributed by atoms with E-state index in [2.05, 4.69) is 0 Å². The molecule has 106 valence electrons. The van der Waals surface area contributed by atoms with Crippen LogP contribution in [0.5, 0.6) is 0 Å². The van der Waals surface area contributed by atoms with Gasteiger partial charge < -0.3 is 9.15 Å². The summed E-state index contributed by atoms with van der Waals surface area (Å²) in [4.78, 5) is 12.1. The molecule has 0 unspecified atom stereocenters. The fourth-order valence-electron chi connectivity index (χ4n) is 1.57. The molecule has 0 radical (unpaired) electrons. The Morgan fingerprint density at radius 2 is 1.95 bits per heavy atom. The van der Waals surface area contributed by atoms with Crippen LogP contribution in [0, 0.1) is 0 Å². The van der Waals surface area contributed by atoms with E-state index in [1.54, 1.807) is 37.3 Å². The summed E-state index contributed by atoms with van der Waals surface area (Å²) in [7, 11) is -1.25. The Morgan fingerprint density at radius 1 is 1.25 bits per heavy atom. The third kappa shape index (κ3) is 3.71. The Kier molecular flexibility index (Phi) is 4.98. The Labute approximate surface area is 124 Å². The third-order valence-electron chi connectivity index (χ3n) is 2.49. The Bertz CT molecular complexity index is 618. The minimum Gasteiger partial charge on any atom is -0.460 e. The zero-order valence-corrected chi connectivity index (χ0v) is 12.4. The van der Waals surface area contributed by atoms with Crippen molar-refractivity contribution in [3.8, 4) is 0 Å². The largest absolute Gasteiger partial charge is 0.460 e. The first-order chi connectivity index (χ1) is 9.60. The molecule has 1 heterocycles. The summed E-state index contributed by atoms with van der Waals surface area (Å²) in [6.07, 6.45) is 0. The number of hydrogen-bond donors (Lipinski definition) is 0. The van der Waals surface area contributed by atoms with Gasteiger partial charge in [-0.3, -0.25) is 4.21 Å². The first kappa shape index (κ1) is 14.8. The maximum absolute atomic E-state index is 12.1. The third-order valence-corrected chi connectivity index (χ3v) is 4.08. The Hall–Kier alpha value is -1.59. The highest BCUT2D eigenvalue weighted by atomic mass is 35.5. The van der Waals surface area contributed by atoms with Gasteiger partial charge in [0.1, 0.15) is 5.76 Å². The molecule has 4 nitrogen and oxygen atoms in total. The molecule has 20 heavy (non-hydrogen) atoms. The predicted octanol–water partition coefficient (Wildman–Crippen LogP) is 3.42. The number of ether oxygens (including phenoxy) is 1. The number of halogens is 1. The number of carbonyl (C=O) groups excluding carboxylic acids is 1. The van der Waals surface area contributed by atoms with E-state index in [1.165, 1.54) is 6.07 Å². The minimum atomic E-state index is -1.25. The van der Waals surface area contributed by atoms with Gasteiger partial charge in [-0.1, -0.05) is 11.6 Å². The van der Waals surface area contributed by atoms with Gasteiger partial charge in [-0.2, -0.15) is 0 Å². The highest BCUT2D eigenvalue weighted by Gasteiger charge is 2.14. The van der Waals surface area contributed by atoms with Crippen LogP contribution in [0.25, 0.3) is 0 Å². The predicted molar refractivity (Wildman–Crippen MR) is 76.2 cm³/mol. The topological polar surface area (TPSA) is 56.5 Å². The quantitative estimate of drug-likeness (QED) is 0.794.